The summed E-state index contributed by atoms with van der Waals surface area (Å²) in [6.45, 7) is 2.07. The Bertz CT molecular complexity index is 822. The molecule has 0 bridgehead atoms. The number of rotatable bonds is 4. The van der Waals surface area contributed by atoms with E-state index in [1.807, 2.05) is 6.07 Å². The lowest BCUT2D eigenvalue weighted by molar-refractivity contribution is 0.100. The number of nitrogens with one attached hydrogen (secondary N) is 1. The first-order valence-corrected chi connectivity index (χ1v) is 7.06. The largest absolute Gasteiger partial charge is 0.366 e. The lowest BCUT2D eigenvalue weighted by Crippen LogP contribution is -2.12. The zero-order valence-electron chi connectivity index (χ0n) is 11.2. The molecule has 0 spiro atoms. The van der Waals surface area contributed by atoms with E-state index < -0.39 is 5.91 Å². The molecule has 3 aromatic heterocycles. The van der Waals surface area contributed by atoms with E-state index in [1.54, 1.807) is 11.3 Å². The van der Waals surface area contributed by atoms with Crippen LogP contribution in [0.3, 0.4) is 0 Å². The molecule has 21 heavy (non-hydrogen) atoms. The summed E-state index contributed by atoms with van der Waals surface area (Å²) >= 11 is 1.57. The average Bonchev–Trinajstić information content (AvgIpc) is 3.12. The maximum absolute atomic E-state index is 11.2. The Kier molecular flexibility index (Phi) is 3.28. The van der Waals surface area contributed by atoms with Crippen molar-refractivity contribution in [2.75, 3.05) is 5.43 Å². The Morgan fingerprint density at radius 2 is 2.29 bits per heavy atom. The molecule has 1 amide bonds. The van der Waals surface area contributed by atoms with Crippen molar-refractivity contribution in [3.05, 3.63) is 28.9 Å². The second kappa shape index (κ2) is 5.11. The van der Waals surface area contributed by atoms with Crippen LogP contribution in [0.15, 0.2) is 18.5 Å². The van der Waals surface area contributed by atoms with Crippen molar-refractivity contribution >= 4 is 33.4 Å². The van der Waals surface area contributed by atoms with Crippen molar-refractivity contribution in [1.82, 2.24) is 19.7 Å². The minimum absolute atomic E-state index is 0.290. The van der Waals surface area contributed by atoms with Gasteiger partial charge in [-0.15, -0.1) is 11.3 Å². The molecule has 0 radical (unpaired) electrons. The van der Waals surface area contributed by atoms with Gasteiger partial charge in [0.05, 0.1) is 17.1 Å². The molecule has 0 aliphatic carbocycles. The number of hydrogen-bond acceptors (Lipinski definition) is 7. The van der Waals surface area contributed by atoms with Crippen LogP contribution in [0.2, 0.25) is 0 Å². The summed E-state index contributed by atoms with van der Waals surface area (Å²) in [5, 5.41) is 4.99. The van der Waals surface area contributed by atoms with Gasteiger partial charge in [-0.2, -0.15) is 10.1 Å². The van der Waals surface area contributed by atoms with E-state index in [0.717, 1.165) is 16.6 Å². The summed E-state index contributed by atoms with van der Waals surface area (Å²) in [4.78, 5) is 21.8. The predicted octanol–water partition coefficient (Wildman–Crippen LogP) is 0.824. The second-order valence-corrected chi connectivity index (χ2v) is 5.45. The number of nitrogen functional groups attached to an aromatic ring is 1. The molecule has 3 aromatic rings. The Labute approximate surface area is 123 Å². The zero-order valence-corrected chi connectivity index (χ0v) is 12.0. The molecule has 0 aliphatic heterocycles. The van der Waals surface area contributed by atoms with Crippen molar-refractivity contribution in [2.24, 2.45) is 11.6 Å². The van der Waals surface area contributed by atoms with Crippen LogP contribution in [0.1, 0.15) is 22.2 Å². The average molecular weight is 303 g/mol. The molecule has 0 saturated heterocycles. The van der Waals surface area contributed by atoms with Gasteiger partial charge in [0, 0.05) is 11.1 Å². The summed E-state index contributed by atoms with van der Waals surface area (Å²) in [7, 11) is 0. The van der Waals surface area contributed by atoms with Gasteiger partial charge in [-0.25, -0.2) is 15.5 Å². The molecule has 9 heteroatoms. The monoisotopic (exact) mass is 303 g/mol. The molecule has 8 nitrogen and oxygen atoms in total. The van der Waals surface area contributed by atoms with Gasteiger partial charge in [0.15, 0.2) is 5.82 Å². The van der Waals surface area contributed by atoms with Crippen molar-refractivity contribution < 1.29 is 4.79 Å². The number of aryl methyl sites for hydroxylation is 1. The highest BCUT2D eigenvalue weighted by Gasteiger charge is 2.14. The van der Waals surface area contributed by atoms with Crippen LogP contribution in [-0.4, -0.2) is 25.7 Å². The van der Waals surface area contributed by atoms with Gasteiger partial charge in [0.25, 0.3) is 5.91 Å². The van der Waals surface area contributed by atoms with Crippen LogP contribution in [0.5, 0.6) is 0 Å². The van der Waals surface area contributed by atoms with Crippen LogP contribution >= 0.6 is 11.3 Å². The fourth-order valence-corrected chi connectivity index (χ4v) is 2.90. The number of hydrazine groups is 1. The van der Waals surface area contributed by atoms with E-state index in [0.29, 0.717) is 11.4 Å². The van der Waals surface area contributed by atoms with Gasteiger partial charge in [-0.3, -0.25) is 10.2 Å². The van der Waals surface area contributed by atoms with E-state index in [-0.39, 0.29) is 5.95 Å². The molecule has 0 fully saturated rings. The third-order valence-corrected chi connectivity index (χ3v) is 4.16. The minimum Gasteiger partial charge on any atom is -0.366 e. The number of thiophene rings is 1. The standard InChI is InChI=1S/C12H13N7OS/c1-2-7-3-8-10(16-12(18-14)17-11(8)21-7)19-5-6(4-15-19)9(13)20/h3-5H,2,14H2,1H3,(H2,13,20)(H,16,17,18). The third kappa shape index (κ3) is 2.32. The van der Waals surface area contributed by atoms with Gasteiger partial charge >= 0.3 is 0 Å². The molecule has 0 unspecified atom stereocenters. The summed E-state index contributed by atoms with van der Waals surface area (Å²) in [6.07, 6.45) is 3.84. The zero-order chi connectivity index (χ0) is 15.0. The van der Waals surface area contributed by atoms with E-state index in [9.17, 15) is 4.79 Å². The molecule has 5 N–H and O–H groups in total. The lowest BCUT2D eigenvalue weighted by atomic mass is 10.3. The number of carbonyl (C=O) groups is 1. The van der Waals surface area contributed by atoms with Crippen molar-refractivity contribution in [1.29, 1.82) is 0 Å². The highest BCUT2D eigenvalue weighted by molar-refractivity contribution is 7.18. The number of nitrogens with zero attached hydrogens (tertiary/aromatic N) is 4. The number of carbonyl (C=O) groups excluding carboxylic acids is 1. The predicted molar refractivity (Wildman–Crippen MR) is 80.2 cm³/mol. The molecule has 3 rings (SSSR count). The van der Waals surface area contributed by atoms with Gasteiger partial charge < -0.3 is 5.73 Å². The number of primary amides is 1. The quantitative estimate of drug-likeness (QED) is 0.484. The van der Waals surface area contributed by atoms with Gasteiger partial charge in [0.1, 0.15) is 4.83 Å². The molecular weight excluding hydrogens is 290 g/mol. The van der Waals surface area contributed by atoms with Crippen LogP contribution in [0, 0.1) is 0 Å². The Morgan fingerprint density at radius 1 is 1.48 bits per heavy atom. The van der Waals surface area contributed by atoms with E-state index in [1.165, 1.54) is 22.0 Å². The first-order chi connectivity index (χ1) is 10.1. The topological polar surface area (TPSA) is 125 Å². The summed E-state index contributed by atoms with van der Waals surface area (Å²) < 4.78 is 1.50. The van der Waals surface area contributed by atoms with Gasteiger partial charge in [-0.05, 0) is 12.5 Å². The van der Waals surface area contributed by atoms with E-state index in [2.05, 4.69) is 27.4 Å². The second-order valence-electron chi connectivity index (χ2n) is 4.34. The fourth-order valence-electron chi connectivity index (χ4n) is 1.94. The normalized spacial score (nSPS) is 11.0. The smallest absolute Gasteiger partial charge is 0.251 e. The molecule has 0 atom stereocenters. The number of nitrogens with two attached hydrogens (primary N) is 2. The van der Waals surface area contributed by atoms with Crippen LogP contribution in [0.25, 0.3) is 16.0 Å². The minimum atomic E-state index is -0.539. The van der Waals surface area contributed by atoms with Crippen LogP contribution in [-0.2, 0) is 6.42 Å². The maximum atomic E-state index is 11.2. The van der Waals surface area contributed by atoms with Crippen LogP contribution in [0.4, 0.5) is 5.95 Å². The molecular formula is C12H13N7OS. The summed E-state index contributed by atoms with van der Waals surface area (Å²) in [5.41, 5.74) is 8.00. The Balaban J connectivity index is 2.23. The molecule has 0 saturated carbocycles. The number of aromatic nitrogens is 4. The number of hydrogen-bond donors (Lipinski definition) is 3. The Hall–Kier alpha value is -2.52. The molecule has 0 aliphatic rings. The number of amides is 1. The van der Waals surface area contributed by atoms with Crippen LogP contribution < -0.4 is 17.0 Å². The lowest BCUT2D eigenvalue weighted by Gasteiger charge is -2.04. The molecule has 3 heterocycles. The van der Waals surface area contributed by atoms with E-state index in [4.69, 9.17) is 11.6 Å². The first kappa shape index (κ1) is 13.5. The van der Waals surface area contributed by atoms with Crippen molar-refractivity contribution in [3.8, 4) is 5.82 Å². The molecule has 0 aromatic carbocycles. The highest BCUT2D eigenvalue weighted by atomic mass is 32.1. The summed E-state index contributed by atoms with van der Waals surface area (Å²) in [6, 6.07) is 2.02. The molecule has 108 valence electrons. The first-order valence-electron chi connectivity index (χ1n) is 6.24. The third-order valence-electron chi connectivity index (χ3n) is 2.99. The highest BCUT2D eigenvalue weighted by Crippen LogP contribution is 2.29. The van der Waals surface area contributed by atoms with Crippen molar-refractivity contribution in [3.63, 3.8) is 0 Å². The van der Waals surface area contributed by atoms with Gasteiger partial charge in [-0.1, -0.05) is 6.92 Å². The fraction of sp³-hybridized carbons (Fsp3) is 0.167. The summed E-state index contributed by atoms with van der Waals surface area (Å²) in [5.74, 6) is 5.71. The van der Waals surface area contributed by atoms with E-state index >= 15 is 0 Å². The SMILES string of the molecule is CCc1cc2c(-n3cc(C(N)=O)cn3)nc(NN)nc2s1. The number of fused-ring (bicyclic) bond motifs is 1. The van der Waals surface area contributed by atoms with Crippen molar-refractivity contribution in [2.45, 2.75) is 13.3 Å². The maximum Gasteiger partial charge on any atom is 0.251 e. The van der Waals surface area contributed by atoms with Gasteiger partial charge in [0.2, 0.25) is 5.95 Å². The number of anilines is 1. The Morgan fingerprint density at radius 3 is 2.90 bits per heavy atom.